The Morgan fingerprint density at radius 3 is 2.50 bits per heavy atom. The first-order valence-electron chi connectivity index (χ1n) is 5.24. The maximum Gasteiger partial charge on any atom is 0.255 e. The van der Waals surface area contributed by atoms with Crippen LogP contribution in [0, 0.1) is 0 Å². The summed E-state index contributed by atoms with van der Waals surface area (Å²) >= 11 is 5.41. The van der Waals surface area contributed by atoms with Gasteiger partial charge in [-0.15, -0.1) is 11.6 Å². The van der Waals surface area contributed by atoms with Crippen LogP contribution in [-0.4, -0.2) is 45.0 Å². The van der Waals surface area contributed by atoms with E-state index >= 15 is 0 Å². The van der Waals surface area contributed by atoms with Crippen LogP contribution in [0.4, 0.5) is 5.69 Å². The molecular formula is C11H15ClN2O3S. The monoisotopic (exact) mass is 290 g/mol. The quantitative estimate of drug-likeness (QED) is 0.833. The molecule has 0 aliphatic heterocycles. The van der Waals surface area contributed by atoms with Crippen molar-refractivity contribution in [2.75, 3.05) is 30.5 Å². The van der Waals surface area contributed by atoms with Gasteiger partial charge < -0.3 is 4.90 Å². The predicted octanol–water partition coefficient (Wildman–Crippen LogP) is 1.37. The number of carbonyl (C=O) groups excluding carboxylic acids is 1. The minimum absolute atomic E-state index is 0.000866. The molecule has 0 unspecified atom stereocenters. The van der Waals surface area contributed by atoms with Gasteiger partial charge in [-0.05, 0) is 12.1 Å². The lowest BCUT2D eigenvalue weighted by atomic mass is 10.1. The second kappa shape index (κ2) is 6.06. The molecular weight excluding hydrogens is 276 g/mol. The summed E-state index contributed by atoms with van der Waals surface area (Å²) in [6.45, 7) is 0. The van der Waals surface area contributed by atoms with Gasteiger partial charge in [0.25, 0.3) is 5.91 Å². The van der Waals surface area contributed by atoms with Crippen molar-refractivity contribution in [2.45, 2.75) is 0 Å². The van der Waals surface area contributed by atoms with Crippen LogP contribution in [-0.2, 0) is 10.0 Å². The molecule has 5 nitrogen and oxygen atoms in total. The van der Waals surface area contributed by atoms with E-state index < -0.39 is 10.0 Å². The van der Waals surface area contributed by atoms with Crippen molar-refractivity contribution in [1.29, 1.82) is 0 Å². The molecule has 18 heavy (non-hydrogen) atoms. The molecule has 1 rings (SSSR count). The Bertz CT molecular complexity index is 529. The van der Waals surface area contributed by atoms with Gasteiger partial charge in [0.2, 0.25) is 10.0 Å². The number of hydrogen-bond acceptors (Lipinski definition) is 3. The summed E-state index contributed by atoms with van der Waals surface area (Å²) < 4.78 is 25.6. The number of nitrogens with zero attached hydrogens (tertiary/aromatic N) is 1. The van der Waals surface area contributed by atoms with Crippen LogP contribution in [0.2, 0.25) is 0 Å². The first kappa shape index (κ1) is 14.8. The SMILES string of the molecule is CN(C)C(=O)c1ccccc1NS(=O)(=O)CCCl. The normalized spacial score (nSPS) is 11.1. The molecule has 0 saturated heterocycles. The van der Waals surface area contributed by atoms with Crippen LogP contribution in [0.25, 0.3) is 0 Å². The molecule has 0 aromatic heterocycles. The second-order valence-electron chi connectivity index (χ2n) is 3.86. The van der Waals surface area contributed by atoms with Gasteiger partial charge in [0.05, 0.1) is 17.0 Å². The summed E-state index contributed by atoms with van der Waals surface area (Å²) in [5.41, 5.74) is 0.571. The highest BCUT2D eigenvalue weighted by molar-refractivity contribution is 7.92. The number of rotatable bonds is 5. The topological polar surface area (TPSA) is 66.5 Å². The number of carbonyl (C=O) groups is 1. The number of nitrogens with one attached hydrogen (secondary N) is 1. The fourth-order valence-corrected chi connectivity index (χ4v) is 2.75. The number of halogens is 1. The number of alkyl halides is 1. The van der Waals surface area contributed by atoms with Gasteiger partial charge in [-0.3, -0.25) is 9.52 Å². The zero-order valence-electron chi connectivity index (χ0n) is 10.2. The fraction of sp³-hybridized carbons (Fsp3) is 0.364. The van der Waals surface area contributed by atoms with Gasteiger partial charge in [-0.1, -0.05) is 12.1 Å². The highest BCUT2D eigenvalue weighted by atomic mass is 35.5. The van der Waals surface area contributed by atoms with E-state index in [9.17, 15) is 13.2 Å². The molecule has 1 aromatic carbocycles. The summed E-state index contributed by atoms with van der Waals surface area (Å²) in [5, 5.41) is 0. The number of anilines is 1. The minimum atomic E-state index is -3.52. The molecule has 0 fully saturated rings. The molecule has 0 atom stereocenters. The van der Waals surface area contributed by atoms with Crippen LogP contribution >= 0.6 is 11.6 Å². The van der Waals surface area contributed by atoms with Gasteiger partial charge in [0.15, 0.2) is 0 Å². The van der Waals surface area contributed by atoms with E-state index in [1.54, 1.807) is 38.4 Å². The maximum absolute atomic E-state index is 11.9. The summed E-state index contributed by atoms with van der Waals surface area (Å²) in [6, 6.07) is 6.45. The van der Waals surface area contributed by atoms with Gasteiger partial charge in [-0.2, -0.15) is 0 Å². The lowest BCUT2D eigenvalue weighted by Crippen LogP contribution is -2.25. The first-order chi connectivity index (χ1) is 8.37. The Kier molecular flexibility index (Phi) is 4.98. The lowest BCUT2D eigenvalue weighted by Gasteiger charge is -2.15. The highest BCUT2D eigenvalue weighted by Gasteiger charge is 2.16. The van der Waals surface area contributed by atoms with Crippen molar-refractivity contribution in [1.82, 2.24) is 4.90 Å². The molecule has 0 saturated carbocycles. The van der Waals surface area contributed by atoms with Crippen molar-refractivity contribution < 1.29 is 13.2 Å². The average molecular weight is 291 g/mol. The Morgan fingerprint density at radius 2 is 1.94 bits per heavy atom. The molecule has 1 amide bonds. The zero-order valence-corrected chi connectivity index (χ0v) is 11.8. The molecule has 1 N–H and O–H groups in total. The van der Waals surface area contributed by atoms with E-state index in [4.69, 9.17) is 11.6 Å². The predicted molar refractivity (Wildman–Crippen MR) is 72.6 cm³/mol. The first-order valence-corrected chi connectivity index (χ1v) is 7.43. The number of sulfonamides is 1. The number of amides is 1. The molecule has 0 heterocycles. The largest absolute Gasteiger partial charge is 0.345 e. The van der Waals surface area contributed by atoms with Crippen LogP contribution in [0.15, 0.2) is 24.3 Å². The van der Waals surface area contributed by atoms with E-state index in [0.717, 1.165) is 0 Å². The average Bonchev–Trinajstić information content (AvgIpc) is 2.28. The zero-order chi connectivity index (χ0) is 13.8. The Hall–Kier alpha value is -1.27. The van der Waals surface area contributed by atoms with Crippen molar-refractivity contribution in [3.05, 3.63) is 29.8 Å². The molecule has 7 heteroatoms. The Labute approximate surface area is 112 Å². The van der Waals surface area contributed by atoms with Crippen LogP contribution < -0.4 is 4.72 Å². The molecule has 0 spiro atoms. The van der Waals surface area contributed by atoms with Crippen LogP contribution in [0.1, 0.15) is 10.4 Å². The minimum Gasteiger partial charge on any atom is -0.345 e. The standard InChI is InChI=1S/C11H15ClN2O3S/c1-14(2)11(15)9-5-3-4-6-10(9)13-18(16,17)8-7-12/h3-6,13H,7-8H2,1-2H3. The third-order valence-electron chi connectivity index (χ3n) is 2.17. The number of para-hydroxylation sites is 1. The highest BCUT2D eigenvalue weighted by Crippen LogP contribution is 2.18. The number of benzene rings is 1. The fourth-order valence-electron chi connectivity index (χ4n) is 1.32. The number of hydrogen-bond donors (Lipinski definition) is 1. The maximum atomic E-state index is 11.9. The van der Waals surface area contributed by atoms with Gasteiger partial charge in [0.1, 0.15) is 0 Å². The third kappa shape index (κ3) is 3.89. The van der Waals surface area contributed by atoms with Crippen molar-refractivity contribution in [2.24, 2.45) is 0 Å². The van der Waals surface area contributed by atoms with E-state index in [1.165, 1.54) is 4.90 Å². The van der Waals surface area contributed by atoms with E-state index in [-0.39, 0.29) is 23.2 Å². The van der Waals surface area contributed by atoms with E-state index in [1.807, 2.05) is 0 Å². The van der Waals surface area contributed by atoms with Crippen LogP contribution in [0.3, 0.4) is 0 Å². The van der Waals surface area contributed by atoms with Crippen molar-refractivity contribution in [3.8, 4) is 0 Å². The summed E-state index contributed by atoms with van der Waals surface area (Å²) in [7, 11) is -0.312. The van der Waals surface area contributed by atoms with Gasteiger partial charge in [0, 0.05) is 20.0 Å². The van der Waals surface area contributed by atoms with E-state index in [0.29, 0.717) is 5.56 Å². The van der Waals surface area contributed by atoms with Crippen molar-refractivity contribution >= 4 is 33.2 Å². The van der Waals surface area contributed by atoms with Crippen LogP contribution in [0.5, 0.6) is 0 Å². The lowest BCUT2D eigenvalue weighted by molar-refractivity contribution is 0.0828. The molecule has 100 valence electrons. The molecule has 0 aliphatic rings. The van der Waals surface area contributed by atoms with Gasteiger partial charge >= 0.3 is 0 Å². The molecule has 0 aliphatic carbocycles. The second-order valence-corrected chi connectivity index (χ2v) is 6.07. The van der Waals surface area contributed by atoms with E-state index in [2.05, 4.69) is 4.72 Å². The molecule has 0 radical (unpaired) electrons. The third-order valence-corrected chi connectivity index (χ3v) is 3.86. The van der Waals surface area contributed by atoms with Crippen molar-refractivity contribution in [3.63, 3.8) is 0 Å². The summed E-state index contributed by atoms with van der Waals surface area (Å²) in [6.07, 6.45) is 0. The molecule has 1 aromatic rings. The molecule has 0 bridgehead atoms. The Morgan fingerprint density at radius 1 is 1.33 bits per heavy atom. The summed E-state index contributed by atoms with van der Waals surface area (Å²) in [5.74, 6) is -0.461. The summed E-state index contributed by atoms with van der Waals surface area (Å²) in [4.78, 5) is 13.3. The Balaban J connectivity index is 3.07. The van der Waals surface area contributed by atoms with Gasteiger partial charge in [-0.25, -0.2) is 8.42 Å². The smallest absolute Gasteiger partial charge is 0.255 e.